The number of ether oxygens (including phenoxy) is 1. The normalized spacial score (nSPS) is 9.40. The standard InChI is InChI=1S/C12H15NO2/c1-3-4-9-13-12(14)10-5-7-11(15-2)8-6-10/h3,5-8H,1,4,9H2,2H3,(H,13,14). The van der Waals surface area contributed by atoms with E-state index in [9.17, 15) is 4.79 Å². The first-order valence-corrected chi connectivity index (χ1v) is 4.81. The Balaban J connectivity index is 2.54. The Hall–Kier alpha value is -1.77. The largest absolute Gasteiger partial charge is 0.497 e. The molecular formula is C12H15NO2. The zero-order valence-electron chi connectivity index (χ0n) is 8.82. The van der Waals surface area contributed by atoms with Gasteiger partial charge in [0.05, 0.1) is 7.11 Å². The maximum absolute atomic E-state index is 11.5. The van der Waals surface area contributed by atoms with E-state index in [1.165, 1.54) is 0 Å². The molecule has 0 radical (unpaired) electrons. The SMILES string of the molecule is C=CCCNC(=O)c1ccc(OC)cc1. The van der Waals surface area contributed by atoms with Crippen molar-refractivity contribution in [2.24, 2.45) is 0 Å². The second-order valence-corrected chi connectivity index (χ2v) is 3.06. The fraction of sp³-hybridized carbons (Fsp3) is 0.250. The lowest BCUT2D eigenvalue weighted by molar-refractivity contribution is 0.0954. The Morgan fingerprint density at radius 2 is 2.13 bits per heavy atom. The van der Waals surface area contributed by atoms with Crippen molar-refractivity contribution in [3.05, 3.63) is 42.5 Å². The molecule has 3 heteroatoms. The fourth-order valence-electron chi connectivity index (χ4n) is 1.13. The van der Waals surface area contributed by atoms with Crippen molar-refractivity contribution < 1.29 is 9.53 Å². The average molecular weight is 205 g/mol. The lowest BCUT2D eigenvalue weighted by atomic mass is 10.2. The van der Waals surface area contributed by atoms with E-state index in [2.05, 4.69) is 11.9 Å². The summed E-state index contributed by atoms with van der Waals surface area (Å²) in [7, 11) is 1.60. The Bertz CT molecular complexity index is 330. The van der Waals surface area contributed by atoms with Crippen LogP contribution in [-0.4, -0.2) is 19.6 Å². The van der Waals surface area contributed by atoms with Crippen LogP contribution >= 0.6 is 0 Å². The van der Waals surface area contributed by atoms with Crippen LogP contribution in [-0.2, 0) is 0 Å². The Labute approximate surface area is 89.8 Å². The molecule has 1 aromatic rings. The fourth-order valence-corrected chi connectivity index (χ4v) is 1.13. The summed E-state index contributed by atoms with van der Waals surface area (Å²) in [5.74, 6) is 0.678. The highest BCUT2D eigenvalue weighted by Gasteiger charge is 2.03. The van der Waals surface area contributed by atoms with Gasteiger partial charge in [-0.25, -0.2) is 0 Å². The van der Waals surface area contributed by atoms with Crippen LogP contribution in [0, 0.1) is 0 Å². The molecule has 0 aromatic heterocycles. The van der Waals surface area contributed by atoms with Crippen molar-refractivity contribution in [1.29, 1.82) is 0 Å². The van der Waals surface area contributed by atoms with E-state index in [4.69, 9.17) is 4.74 Å². The first kappa shape index (κ1) is 11.3. The summed E-state index contributed by atoms with van der Waals surface area (Å²) in [5.41, 5.74) is 0.639. The predicted octanol–water partition coefficient (Wildman–Crippen LogP) is 2.00. The summed E-state index contributed by atoms with van der Waals surface area (Å²) >= 11 is 0. The highest BCUT2D eigenvalue weighted by molar-refractivity contribution is 5.94. The van der Waals surface area contributed by atoms with Crippen molar-refractivity contribution >= 4 is 5.91 Å². The van der Waals surface area contributed by atoms with Crippen molar-refractivity contribution in [3.8, 4) is 5.75 Å². The summed E-state index contributed by atoms with van der Waals surface area (Å²) in [6, 6.07) is 7.01. The minimum absolute atomic E-state index is 0.0699. The van der Waals surface area contributed by atoms with Crippen LogP contribution in [0.1, 0.15) is 16.8 Å². The highest BCUT2D eigenvalue weighted by atomic mass is 16.5. The Kier molecular flexibility index (Phi) is 4.41. The molecule has 3 nitrogen and oxygen atoms in total. The van der Waals surface area contributed by atoms with Crippen LogP contribution in [0.5, 0.6) is 5.75 Å². The second kappa shape index (κ2) is 5.86. The molecule has 15 heavy (non-hydrogen) atoms. The van der Waals surface area contributed by atoms with Crippen LogP contribution in [0.2, 0.25) is 0 Å². The summed E-state index contributed by atoms with van der Waals surface area (Å²) in [6.45, 7) is 4.20. The molecule has 0 atom stereocenters. The van der Waals surface area contributed by atoms with E-state index in [1.807, 2.05) is 0 Å². The van der Waals surface area contributed by atoms with Gasteiger partial charge >= 0.3 is 0 Å². The molecule has 0 saturated heterocycles. The summed E-state index contributed by atoms with van der Waals surface area (Å²) < 4.78 is 5.00. The van der Waals surface area contributed by atoms with E-state index in [0.717, 1.165) is 12.2 Å². The molecule has 0 heterocycles. The maximum atomic E-state index is 11.5. The van der Waals surface area contributed by atoms with E-state index in [-0.39, 0.29) is 5.91 Å². The minimum atomic E-state index is -0.0699. The summed E-state index contributed by atoms with van der Waals surface area (Å²) in [6.07, 6.45) is 2.55. The molecule has 1 rings (SSSR count). The van der Waals surface area contributed by atoms with Crippen molar-refractivity contribution in [3.63, 3.8) is 0 Å². The number of rotatable bonds is 5. The topological polar surface area (TPSA) is 38.3 Å². The van der Waals surface area contributed by atoms with Gasteiger partial charge in [0.1, 0.15) is 5.75 Å². The van der Waals surface area contributed by atoms with Gasteiger partial charge in [-0.15, -0.1) is 6.58 Å². The van der Waals surface area contributed by atoms with Crippen LogP contribution < -0.4 is 10.1 Å². The van der Waals surface area contributed by atoms with Gasteiger partial charge in [0.25, 0.3) is 5.91 Å². The first-order chi connectivity index (χ1) is 7.27. The summed E-state index contributed by atoms with van der Waals surface area (Å²) in [4.78, 5) is 11.5. The third kappa shape index (κ3) is 3.46. The number of amides is 1. The monoisotopic (exact) mass is 205 g/mol. The molecule has 1 amide bonds. The zero-order valence-corrected chi connectivity index (χ0v) is 8.82. The molecular weight excluding hydrogens is 190 g/mol. The number of nitrogens with one attached hydrogen (secondary N) is 1. The molecule has 0 fully saturated rings. The Morgan fingerprint density at radius 1 is 1.47 bits per heavy atom. The van der Waals surface area contributed by atoms with Crippen LogP contribution in [0.3, 0.4) is 0 Å². The van der Waals surface area contributed by atoms with Crippen LogP contribution in [0.25, 0.3) is 0 Å². The van der Waals surface area contributed by atoms with Gasteiger partial charge in [-0.2, -0.15) is 0 Å². The van der Waals surface area contributed by atoms with Crippen LogP contribution in [0.4, 0.5) is 0 Å². The van der Waals surface area contributed by atoms with Gasteiger partial charge in [0.2, 0.25) is 0 Å². The van der Waals surface area contributed by atoms with Crippen LogP contribution in [0.15, 0.2) is 36.9 Å². The van der Waals surface area contributed by atoms with Gasteiger partial charge < -0.3 is 10.1 Å². The van der Waals surface area contributed by atoms with Gasteiger partial charge in [0.15, 0.2) is 0 Å². The number of benzene rings is 1. The number of carbonyl (C=O) groups excluding carboxylic acids is 1. The van der Waals surface area contributed by atoms with Crippen molar-refractivity contribution in [2.75, 3.05) is 13.7 Å². The molecule has 0 aliphatic carbocycles. The molecule has 0 saturated carbocycles. The van der Waals surface area contributed by atoms with E-state index in [1.54, 1.807) is 37.5 Å². The third-order valence-electron chi connectivity index (χ3n) is 1.99. The van der Waals surface area contributed by atoms with E-state index >= 15 is 0 Å². The number of methoxy groups -OCH3 is 1. The maximum Gasteiger partial charge on any atom is 0.251 e. The summed E-state index contributed by atoms with van der Waals surface area (Å²) in [5, 5.41) is 2.79. The first-order valence-electron chi connectivity index (χ1n) is 4.81. The lowest BCUT2D eigenvalue weighted by Gasteiger charge is -2.04. The molecule has 1 N–H and O–H groups in total. The molecule has 1 aromatic carbocycles. The third-order valence-corrected chi connectivity index (χ3v) is 1.99. The van der Waals surface area contributed by atoms with Gasteiger partial charge in [-0.3, -0.25) is 4.79 Å². The molecule has 80 valence electrons. The molecule has 0 spiro atoms. The quantitative estimate of drug-likeness (QED) is 0.589. The minimum Gasteiger partial charge on any atom is -0.497 e. The number of carbonyl (C=O) groups is 1. The lowest BCUT2D eigenvalue weighted by Crippen LogP contribution is -2.23. The van der Waals surface area contributed by atoms with E-state index in [0.29, 0.717) is 12.1 Å². The van der Waals surface area contributed by atoms with Gasteiger partial charge in [-0.05, 0) is 30.7 Å². The molecule has 0 unspecified atom stereocenters. The number of hydrogen-bond donors (Lipinski definition) is 1. The Morgan fingerprint density at radius 3 is 2.67 bits per heavy atom. The molecule has 0 aliphatic rings. The van der Waals surface area contributed by atoms with E-state index < -0.39 is 0 Å². The van der Waals surface area contributed by atoms with Crippen molar-refractivity contribution in [1.82, 2.24) is 5.32 Å². The zero-order chi connectivity index (χ0) is 11.1. The van der Waals surface area contributed by atoms with Gasteiger partial charge in [0, 0.05) is 12.1 Å². The van der Waals surface area contributed by atoms with Gasteiger partial charge in [-0.1, -0.05) is 6.08 Å². The smallest absolute Gasteiger partial charge is 0.251 e. The van der Waals surface area contributed by atoms with Crippen molar-refractivity contribution in [2.45, 2.75) is 6.42 Å². The molecule has 0 bridgehead atoms. The highest BCUT2D eigenvalue weighted by Crippen LogP contribution is 2.10. The average Bonchev–Trinajstić information content (AvgIpc) is 2.29. The number of hydrogen-bond acceptors (Lipinski definition) is 2. The second-order valence-electron chi connectivity index (χ2n) is 3.06. The predicted molar refractivity (Wildman–Crippen MR) is 60.1 cm³/mol. The molecule has 0 aliphatic heterocycles.